The Bertz CT molecular complexity index is 797. The van der Waals surface area contributed by atoms with Crippen molar-refractivity contribution >= 4 is 11.9 Å². The molecule has 0 bridgehead atoms. The highest BCUT2D eigenvalue weighted by molar-refractivity contribution is 5.94. The number of benzene rings is 1. The van der Waals surface area contributed by atoms with Crippen LogP contribution in [0, 0.1) is 19.8 Å². The van der Waals surface area contributed by atoms with Crippen LogP contribution in [0.3, 0.4) is 0 Å². The minimum Gasteiger partial charge on any atom is -0.481 e. The second-order valence-electron chi connectivity index (χ2n) is 6.80. The van der Waals surface area contributed by atoms with Crippen molar-refractivity contribution in [1.82, 2.24) is 15.3 Å². The quantitative estimate of drug-likeness (QED) is 0.779. The molecule has 2 atom stereocenters. The summed E-state index contributed by atoms with van der Waals surface area (Å²) < 4.78 is 0. The van der Waals surface area contributed by atoms with E-state index in [1.54, 1.807) is 0 Å². The zero-order chi connectivity index (χ0) is 18.0. The largest absolute Gasteiger partial charge is 0.481 e. The summed E-state index contributed by atoms with van der Waals surface area (Å²) in [6.45, 7) is 3.83. The number of carbonyl (C=O) groups excluding carboxylic acids is 1. The van der Waals surface area contributed by atoms with Gasteiger partial charge in [-0.15, -0.1) is 0 Å². The lowest BCUT2D eigenvalue weighted by Gasteiger charge is -2.19. The number of aryl methyl sites for hydroxylation is 2. The molecule has 0 radical (unpaired) electrons. The lowest BCUT2D eigenvalue weighted by atomic mass is 9.99. The van der Waals surface area contributed by atoms with Crippen molar-refractivity contribution in [1.29, 1.82) is 0 Å². The molecule has 6 heteroatoms. The Morgan fingerprint density at radius 1 is 1.32 bits per heavy atom. The average molecular weight is 341 g/mol. The lowest BCUT2D eigenvalue weighted by molar-refractivity contribution is -0.138. The molecule has 1 amide bonds. The van der Waals surface area contributed by atoms with Crippen molar-refractivity contribution in [2.24, 2.45) is 5.92 Å². The number of aliphatic carboxylic acids is 1. The molecule has 25 heavy (non-hydrogen) atoms. The molecular formula is C19H23N3O3. The third-order valence-electron chi connectivity index (χ3n) is 4.80. The van der Waals surface area contributed by atoms with E-state index >= 15 is 0 Å². The summed E-state index contributed by atoms with van der Waals surface area (Å²) in [6.07, 6.45) is 2.69. The highest BCUT2D eigenvalue weighted by atomic mass is 16.4. The van der Waals surface area contributed by atoms with Crippen molar-refractivity contribution in [2.75, 3.05) is 0 Å². The van der Waals surface area contributed by atoms with E-state index in [1.165, 1.54) is 0 Å². The van der Waals surface area contributed by atoms with Crippen LogP contribution >= 0.6 is 0 Å². The Hall–Kier alpha value is -2.63. The van der Waals surface area contributed by atoms with Crippen LogP contribution in [0.15, 0.2) is 24.3 Å². The first-order valence-electron chi connectivity index (χ1n) is 8.60. The molecule has 0 aliphatic heterocycles. The number of carbonyl (C=O) groups is 2. The Morgan fingerprint density at radius 3 is 2.84 bits per heavy atom. The van der Waals surface area contributed by atoms with Gasteiger partial charge in [-0.1, -0.05) is 30.2 Å². The first kappa shape index (κ1) is 17.2. The molecule has 132 valence electrons. The zero-order valence-electron chi connectivity index (χ0n) is 14.5. The van der Waals surface area contributed by atoms with E-state index in [2.05, 4.69) is 15.3 Å². The zero-order valence-corrected chi connectivity index (χ0v) is 14.5. The predicted molar refractivity (Wildman–Crippen MR) is 94.3 cm³/mol. The van der Waals surface area contributed by atoms with Crippen LogP contribution in [0.25, 0.3) is 11.4 Å². The number of carboxylic acid groups (broad SMARTS) is 1. The SMILES string of the molecule is Cc1cccc(-c2nc(C(=O)N[C@@H]3CCC[C@H]3CC(=O)O)c(C)[nH]2)c1. The Morgan fingerprint density at radius 2 is 2.12 bits per heavy atom. The normalized spacial score (nSPS) is 19.8. The monoisotopic (exact) mass is 341 g/mol. The van der Waals surface area contributed by atoms with Gasteiger partial charge in [-0.2, -0.15) is 0 Å². The summed E-state index contributed by atoms with van der Waals surface area (Å²) in [5, 5.41) is 12.0. The van der Waals surface area contributed by atoms with Crippen LogP contribution in [0.2, 0.25) is 0 Å². The fourth-order valence-electron chi connectivity index (χ4n) is 3.54. The van der Waals surface area contributed by atoms with E-state index in [1.807, 2.05) is 38.1 Å². The predicted octanol–water partition coefficient (Wildman–Crippen LogP) is 3.07. The van der Waals surface area contributed by atoms with Crippen LogP contribution in [0.1, 0.15) is 47.4 Å². The number of H-pyrrole nitrogens is 1. The highest BCUT2D eigenvalue weighted by Gasteiger charge is 2.31. The Balaban J connectivity index is 1.75. The van der Waals surface area contributed by atoms with Gasteiger partial charge < -0.3 is 15.4 Å². The standard InChI is InChI=1S/C19H23N3O3/c1-11-5-3-7-14(9-11)18-20-12(2)17(22-18)19(25)21-15-8-4-6-13(15)10-16(23)24/h3,5,7,9,13,15H,4,6,8,10H2,1-2H3,(H,20,22)(H,21,25)(H,23,24)/t13-,15+/m0/s1. The minimum atomic E-state index is -0.816. The number of nitrogens with zero attached hydrogens (tertiary/aromatic N) is 1. The molecule has 0 spiro atoms. The van der Waals surface area contributed by atoms with Gasteiger partial charge in [0, 0.05) is 17.3 Å². The number of imidazole rings is 1. The number of rotatable bonds is 5. The third-order valence-corrected chi connectivity index (χ3v) is 4.80. The van der Waals surface area contributed by atoms with Crippen molar-refractivity contribution in [3.8, 4) is 11.4 Å². The molecule has 0 unspecified atom stereocenters. The van der Waals surface area contributed by atoms with Crippen molar-refractivity contribution in [3.63, 3.8) is 0 Å². The number of amides is 1. The second kappa shape index (κ2) is 7.09. The number of aromatic nitrogens is 2. The van der Waals surface area contributed by atoms with Crippen LogP contribution < -0.4 is 5.32 Å². The maximum atomic E-state index is 12.6. The molecule has 1 aromatic heterocycles. The number of nitrogens with one attached hydrogen (secondary N) is 2. The van der Waals surface area contributed by atoms with Crippen LogP contribution in [0.4, 0.5) is 0 Å². The summed E-state index contributed by atoms with van der Waals surface area (Å²) >= 11 is 0. The summed E-state index contributed by atoms with van der Waals surface area (Å²) in [6, 6.07) is 7.83. The molecule has 3 N–H and O–H groups in total. The molecule has 1 saturated carbocycles. The van der Waals surface area contributed by atoms with Gasteiger partial charge in [-0.3, -0.25) is 9.59 Å². The van der Waals surface area contributed by atoms with E-state index in [9.17, 15) is 9.59 Å². The van der Waals surface area contributed by atoms with Crippen LogP contribution in [-0.2, 0) is 4.79 Å². The number of carboxylic acids is 1. The van der Waals surface area contributed by atoms with Gasteiger partial charge in [0.05, 0.1) is 6.42 Å². The van der Waals surface area contributed by atoms with Gasteiger partial charge in [-0.05, 0) is 38.7 Å². The molecule has 1 aliphatic carbocycles. The molecule has 1 aromatic carbocycles. The van der Waals surface area contributed by atoms with Crippen molar-refractivity contribution in [2.45, 2.75) is 45.6 Å². The maximum absolute atomic E-state index is 12.6. The molecule has 3 rings (SSSR count). The number of hydrogen-bond acceptors (Lipinski definition) is 3. The maximum Gasteiger partial charge on any atom is 0.303 e. The van der Waals surface area contributed by atoms with Gasteiger partial charge in [0.1, 0.15) is 11.5 Å². The van der Waals surface area contributed by atoms with Crippen LogP contribution in [0.5, 0.6) is 0 Å². The van der Waals surface area contributed by atoms with E-state index in [4.69, 9.17) is 5.11 Å². The summed E-state index contributed by atoms with van der Waals surface area (Å²) in [5.74, 6) is -0.393. The summed E-state index contributed by atoms with van der Waals surface area (Å²) in [5.41, 5.74) is 3.14. The molecule has 1 heterocycles. The van der Waals surface area contributed by atoms with E-state index in [-0.39, 0.29) is 24.3 Å². The lowest BCUT2D eigenvalue weighted by Crippen LogP contribution is -2.38. The summed E-state index contributed by atoms with van der Waals surface area (Å²) in [4.78, 5) is 31.2. The topological polar surface area (TPSA) is 95.1 Å². The smallest absolute Gasteiger partial charge is 0.303 e. The Kier molecular flexibility index (Phi) is 4.88. The molecule has 2 aromatic rings. The van der Waals surface area contributed by atoms with E-state index in [0.29, 0.717) is 17.2 Å². The fraction of sp³-hybridized carbons (Fsp3) is 0.421. The third kappa shape index (κ3) is 3.90. The average Bonchev–Trinajstić information content (AvgIpc) is 3.14. The van der Waals surface area contributed by atoms with E-state index < -0.39 is 5.97 Å². The van der Waals surface area contributed by atoms with Crippen LogP contribution in [-0.4, -0.2) is 33.0 Å². The highest BCUT2D eigenvalue weighted by Crippen LogP contribution is 2.29. The molecule has 6 nitrogen and oxygen atoms in total. The molecule has 0 saturated heterocycles. The van der Waals surface area contributed by atoms with Gasteiger partial charge in [0.15, 0.2) is 0 Å². The number of hydrogen-bond donors (Lipinski definition) is 3. The van der Waals surface area contributed by atoms with Crippen molar-refractivity contribution < 1.29 is 14.7 Å². The molecule has 1 aliphatic rings. The first-order chi connectivity index (χ1) is 11.9. The summed E-state index contributed by atoms with van der Waals surface area (Å²) in [7, 11) is 0. The Labute approximate surface area is 146 Å². The van der Waals surface area contributed by atoms with E-state index in [0.717, 1.165) is 30.4 Å². The van der Waals surface area contributed by atoms with Gasteiger partial charge in [-0.25, -0.2) is 4.98 Å². The van der Waals surface area contributed by atoms with Gasteiger partial charge >= 0.3 is 5.97 Å². The first-order valence-corrected chi connectivity index (χ1v) is 8.60. The molecular weight excluding hydrogens is 318 g/mol. The second-order valence-corrected chi connectivity index (χ2v) is 6.80. The minimum absolute atomic E-state index is 0.00283. The fourth-order valence-corrected chi connectivity index (χ4v) is 3.54. The number of aromatic amines is 1. The van der Waals surface area contributed by atoms with Crippen molar-refractivity contribution in [3.05, 3.63) is 41.2 Å². The van der Waals surface area contributed by atoms with Gasteiger partial charge in [0.2, 0.25) is 0 Å². The molecule has 1 fully saturated rings. The van der Waals surface area contributed by atoms with Gasteiger partial charge in [0.25, 0.3) is 5.91 Å².